The van der Waals surface area contributed by atoms with E-state index < -0.39 is 0 Å². The minimum Gasteiger partial charge on any atom is -0.493 e. The van der Waals surface area contributed by atoms with E-state index in [0.717, 1.165) is 0 Å². The van der Waals surface area contributed by atoms with Crippen molar-refractivity contribution in [2.24, 2.45) is 0 Å². The Balaban J connectivity index is 1.57. The topological polar surface area (TPSA) is 96.3 Å². The van der Waals surface area contributed by atoms with Gasteiger partial charge in [0, 0.05) is 5.56 Å². The van der Waals surface area contributed by atoms with Crippen LogP contribution in [0.25, 0.3) is 22.8 Å². The van der Waals surface area contributed by atoms with E-state index in [2.05, 4.69) is 20.3 Å². The second-order valence-electron chi connectivity index (χ2n) is 5.74. The highest BCUT2D eigenvalue weighted by Gasteiger charge is 2.18. The predicted octanol–water partition coefficient (Wildman–Crippen LogP) is 3.53. The number of nitrogens with zero attached hydrogens (tertiary/aromatic N) is 4. The Morgan fingerprint density at radius 1 is 1.00 bits per heavy atom. The molecule has 0 N–H and O–H groups in total. The van der Waals surface area contributed by atoms with E-state index in [0.29, 0.717) is 28.5 Å². The molecular formula is C19H15FN4O4. The van der Waals surface area contributed by atoms with E-state index in [4.69, 9.17) is 18.4 Å². The van der Waals surface area contributed by atoms with Gasteiger partial charge in [0.25, 0.3) is 0 Å². The third-order valence-corrected chi connectivity index (χ3v) is 3.95. The molecule has 0 aliphatic carbocycles. The van der Waals surface area contributed by atoms with Crippen molar-refractivity contribution in [2.45, 2.75) is 6.42 Å². The third kappa shape index (κ3) is 3.41. The van der Waals surface area contributed by atoms with Crippen LogP contribution in [0, 0.1) is 5.82 Å². The van der Waals surface area contributed by atoms with Crippen LogP contribution >= 0.6 is 0 Å². The van der Waals surface area contributed by atoms with Crippen molar-refractivity contribution in [3.8, 4) is 34.3 Å². The van der Waals surface area contributed by atoms with E-state index in [1.165, 1.54) is 19.2 Å². The molecule has 0 spiro atoms. The summed E-state index contributed by atoms with van der Waals surface area (Å²) in [6.07, 6.45) is 0.140. The van der Waals surface area contributed by atoms with Crippen molar-refractivity contribution in [1.29, 1.82) is 0 Å². The average molecular weight is 382 g/mol. The zero-order valence-electron chi connectivity index (χ0n) is 15.0. The molecule has 4 rings (SSSR count). The number of benzene rings is 2. The lowest BCUT2D eigenvalue weighted by molar-refractivity contribution is 0.355. The van der Waals surface area contributed by atoms with Crippen molar-refractivity contribution < 1.29 is 22.8 Å². The van der Waals surface area contributed by atoms with Crippen molar-refractivity contribution in [3.63, 3.8) is 0 Å². The summed E-state index contributed by atoms with van der Waals surface area (Å²) in [5.41, 5.74) is 1.12. The molecular weight excluding hydrogens is 367 g/mol. The van der Waals surface area contributed by atoms with Gasteiger partial charge in [-0.1, -0.05) is 17.3 Å². The maximum absolute atomic E-state index is 13.3. The Morgan fingerprint density at radius 3 is 2.64 bits per heavy atom. The Hall–Kier alpha value is -3.75. The number of methoxy groups -OCH3 is 2. The summed E-state index contributed by atoms with van der Waals surface area (Å²) >= 11 is 0. The quantitative estimate of drug-likeness (QED) is 0.500. The summed E-state index contributed by atoms with van der Waals surface area (Å²) in [6, 6.07) is 11.3. The predicted molar refractivity (Wildman–Crippen MR) is 95.3 cm³/mol. The number of hydrogen-bond donors (Lipinski definition) is 0. The molecule has 2 aromatic heterocycles. The minimum absolute atomic E-state index is 0.140. The highest BCUT2D eigenvalue weighted by molar-refractivity contribution is 5.68. The van der Waals surface area contributed by atoms with Gasteiger partial charge in [-0.3, -0.25) is 0 Å². The van der Waals surface area contributed by atoms with Crippen LogP contribution in [0.15, 0.2) is 51.4 Å². The number of halogens is 1. The second-order valence-corrected chi connectivity index (χ2v) is 5.74. The van der Waals surface area contributed by atoms with Gasteiger partial charge in [-0.15, -0.1) is 10.2 Å². The highest BCUT2D eigenvalue weighted by atomic mass is 19.1. The van der Waals surface area contributed by atoms with Gasteiger partial charge in [-0.2, -0.15) is 4.98 Å². The number of rotatable bonds is 6. The average Bonchev–Trinajstić information content (AvgIpc) is 3.37. The maximum atomic E-state index is 13.3. The zero-order chi connectivity index (χ0) is 19.5. The van der Waals surface area contributed by atoms with Gasteiger partial charge in [0.15, 0.2) is 11.5 Å². The Bertz CT molecular complexity index is 1110. The van der Waals surface area contributed by atoms with Crippen molar-refractivity contribution >= 4 is 0 Å². The molecule has 2 aromatic carbocycles. The van der Waals surface area contributed by atoms with Crippen molar-refractivity contribution in [3.05, 3.63) is 60.1 Å². The van der Waals surface area contributed by atoms with Gasteiger partial charge in [-0.05, 0) is 30.3 Å². The molecule has 9 heteroatoms. The summed E-state index contributed by atoms with van der Waals surface area (Å²) in [7, 11) is 3.09. The lowest BCUT2D eigenvalue weighted by Crippen LogP contribution is -1.94. The van der Waals surface area contributed by atoms with Crippen LogP contribution < -0.4 is 9.47 Å². The molecule has 0 aliphatic heterocycles. The molecule has 0 amide bonds. The number of hydrogen-bond acceptors (Lipinski definition) is 8. The van der Waals surface area contributed by atoms with Gasteiger partial charge in [-0.25, -0.2) is 4.39 Å². The maximum Gasteiger partial charge on any atom is 0.247 e. The van der Waals surface area contributed by atoms with Crippen LogP contribution in [0.3, 0.4) is 0 Å². The van der Waals surface area contributed by atoms with Crippen LogP contribution in [0.1, 0.15) is 11.8 Å². The molecule has 0 bridgehead atoms. The highest BCUT2D eigenvalue weighted by Crippen LogP contribution is 2.36. The first-order valence-corrected chi connectivity index (χ1v) is 8.30. The molecule has 8 nitrogen and oxygen atoms in total. The van der Waals surface area contributed by atoms with E-state index in [9.17, 15) is 4.39 Å². The number of ether oxygens (including phenoxy) is 2. The second kappa shape index (κ2) is 7.47. The fraction of sp³-hybridized carbons (Fsp3) is 0.158. The fourth-order valence-corrected chi connectivity index (χ4v) is 2.69. The molecule has 0 unspecified atom stereocenters. The molecule has 142 valence electrons. The van der Waals surface area contributed by atoms with Crippen LogP contribution in [0.2, 0.25) is 0 Å². The Morgan fingerprint density at radius 2 is 1.86 bits per heavy atom. The summed E-state index contributed by atoms with van der Waals surface area (Å²) in [4.78, 5) is 4.35. The molecule has 0 saturated carbocycles. The first-order valence-electron chi connectivity index (χ1n) is 8.30. The molecule has 2 heterocycles. The van der Waals surface area contributed by atoms with Crippen molar-refractivity contribution in [2.75, 3.05) is 14.2 Å². The van der Waals surface area contributed by atoms with Gasteiger partial charge in [0.1, 0.15) is 12.2 Å². The zero-order valence-corrected chi connectivity index (χ0v) is 15.0. The third-order valence-electron chi connectivity index (χ3n) is 3.95. The van der Waals surface area contributed by atoms with Gasteiger partial charge < -0.3 is 18.4 Å². The molecule has 0 radical (unpaired) electrons. The Kier molecular flexibility index (Phi) is 4.71. The lowest BCUT2D eigenvalue weighted by Gasteiger charge is -2.09. The van der Waals surface area contributed by atoms with Gasteiger partial charge in [0.05, 0.1) is 19.8 Å². The van der Waals surface area contributed by atoms with Crippen LogP contribution in [0.4, 0.5) is 4.39 Å². The molecule has 0 atom stereocenters. The minimum atomic E-state index is -0.383. The largest absolute Gasteiger partial charge is 0.493 e. The van der Waals surface area contributed by atoms with E-state index in [1.807, 2.05) is 0 Å². The van der Waals surface area contributed by atoms with E-state index in [-0.39, 0.29) is 29.9 Å². The lowest BCUT2D eigenvalue weighted by atomic mass is 10.1. The molecule has 28 heavy (non-hydrogen) atoms. The Labute approximate surface area is 158 Å². The first kappa shape index (κ1) is 17.7. The van der Waals surface area contributed by atoms with Crippen molar-refractivity contribution in [1.82, 2.24) is 20.3 Å². The van der Waals surface area contributed by atoms with E-state index in [1.54, 1.807) is 37.4 Å². The summed E-state index contributed by atoms with van der Waals surface area (Å²) in [5, 5.41) is 11.9. The summed E-state index contributed by atoms with van der Waals surface area (Å²) in [6.45, 7) is 0. The van der Waals surface area contributed by atoms with Crippen LogP contribution in [-0.4, -0.2) is 34.6 Å². The molecule has 0 aliphatic rings. The monoisotopic (exact) mass is 382 g/mol. The summed E-state index contributed by atoms with van der Waals surface area (Å²) < 4.78 is 34.9. The molecule has 0 fully saturated rings. The molecule has 0 saturated heterocycles. The standard InChI is InChI=1S/C19H15FN4O4/c1-25-14-8-4-7-13(17(14)26-2)18-21-15(28-24-18)10-16-22-23-19(27-16)11-5-3-6-12(20)9-11/h3-9H,10H2,1-2H3. The van der Waals surface area contributed by atoms with Crippen LogP contribution in [-0.2, 0) is 6.42 Å². The molecule has 4 aromatic rings. The fourth-order valence-electron chi connectivity index (χ4n) is 2.69. The number of aromatic nitrogens is 4. The van der Waals surface area contributed by atoms with Gasteiger partial charge >= 0.3 is 0 Å². The smallest absolute Gasteiger partial charge is 0.247 e. The van der Waals surface area contributed by atoms with Gasteiger partial charge in [0.2, 0.25) is 23.5 Å². The first-order chi connectivity index (χ1) is 13.7. The SMILES string of the molecule is COc1cccc(-c2noc(Cc3nnc(-c4cccc(F)c4)o3)n2)c1OC. The van der Waals surface area contributed by atoms with E-state index >= 15 is 0 Å². The van der Waals surface area contributed by atoms with Crippen LogP contribution in [0.5, 0.6) is 11.5 Å². The normalized spacial score (nSPS) is 10.8. The summed E-state index contributed by atoms with van der Waals surface area (Å²) in [5.74, 6) is 1.79. The number of para-hydroxylation sites is 1.